The molecule has 0 spiro atoms. The highest BCUT2D eigenvalue weighted by Gasteiger charge is 2.16. The Morgan fingerprint density at radius 3 is 2.28 bits per heavy atom. The molecular weight excluding hydrogens is 376 g/mol. The van der Waals surface area contributed by atoms with Crippen LogP contribution in [0.1, 0.15) is 57.9 Å². The number of aryl methyl sites for hydroxylation is 1. The summed E-state index contributed by atoms with van der Waals surface area (Å²) >= 11 is 0. The number of carbonyl (C=O) groups is 4. The van der Waals surface area contributed by atoms with Gasteiger partial charge in [0.1, 0.15) is 5.69 Å². The highest BCUT2D eigenvalue weighted by Crippen LogP contribution is 2.12. The van der Waals surface area contributed by atoms with Gasteiger partial charge in [0.15, 0.2) is 12.4 Å². The van der Waals surface area contributed by atoms with Gasteiger partial charge in [0.25, 0.3) is 5.91 Å². The maximum absolute atomic E-state index is 12.1. The summed E-state index contributed by atoms with van der Waals surface area (Å²) in [6.45, 7) is 3.29. The number of ketones is 1. The lowest BCUT2D eigenvalue weighted by atomic mass is 10.2. The van der Waals surface area contributed by atoms with E-state index in [1.807, 2.05) is 6.92 Å². The fraction of sp³-hybridized carbons (Fsp3) is 0.333. The lowest BCUT2D eigenvalue weighted by Gasteiger charge is -2.08. The number of esters is 2. The van der Waals surface area contributed by atoms with Crippen LogP contribution >= 0.6 is 0 Å². The molecule has 0 atom stereocenters. The minimum absolute atomic E-state index is 0.171. The first kappa shape index (κ1) is 21.9. The third kappa shape index (κ3) is 6.31. The maximum atomic E-state index is 12.1. The van der Waals surface area contributed by atoms with Crippen LogP contribution in [0.25, 0.3) is 0 Å². The number of Topliss-reactive ketones (excluding diaryl/α,β-unsaturated/α-hetero) is 1. The van der Waals surface area contributed by atoms with Crippen LogP contribution in [0.3, 0.4) is 0 Å². The van der Waals surface area contributed by atoms with E-state index in [2.05, 4.69) is 5.32 Å². The quantitative estimate of drug-likeness (QED) is 0.394. The van der Waals surface area contributed by atoms with Gasteiger partial charge in [-0.1, -0.05) is 13.3 Å². The number of anilines is 1. The molecule has 1 aromatic heterocycles. The van der Waals surface area contributed by atoms with E-state index in [9.17, 15) is 19.2 Å². The summed E-state index contributed by atoms with van der Waals surface area (Å²) < 4.78 is 11.6. The lowest BCUT2D eigenvalue weighted by Crippen LogP contribution is -2.21. The van der Waals surface area contributed by atoms with Crippen molar-refractivity contribution in [3.8, 4) is 0 Å². The standard InChI is InChI=1S/C21H24N2O6/c1-4-5-10-28-20(26)15-6-8-17(9-7-15)22-19(25)13-29-21(27)18-11-16(14(2)24)12-23(18)3/h6-9,11-12H,4-5,10,13H2,1-3H3,(H,22,25). The number of nitrogens with zero attached hydrogens (tertiary/aromatic N) is 1. The van der Waals surface area contributed by atoms with E-state index in [-0.39, 0.29) is 11.5 Å². The summed E-state index contributed by atoms with van der Waals surface area (Å²) in [7, 11) is 1.61. The molecule has 8 heteroatoms. The topological polar surface area (TPSA) is 104 Å². The van der Waals surface area contributed by atoms with Crippen LogP contribution < -0.4 is 5.32 Å². The molecule has 2 rings (SSSR count). The maximum Gasteiger partial charge on any atom is 0.355 e. The number of aromatic nitrogens is 1. The molecule has 29 heavy (non-hydrogen) atoms. The molecule has 0 bridgehead atoms. The summed E-state index contributed by atoms with van der Waals surface area (Å²) in [5.41, 5.74) is 1.40. The normalized spacial score (nSPS) is 10.3. The molecule has 1 aromatic carbocycles. The summed E-state index contributed by atoms with van der Waals surface area (Å²) in [5, 5.41) is 2.58. The van der Waals surface area contributed by atoms with E-state index in [4.69, 9.17) is 9.47 Å². The van der Waals surface area contributed by atoms with Crippen LogP contribution in [0, 0.1) is 0 Å². The first-order chi connectivity index (χ1) is 13.8. The number of carbonyl (C=O) groups excluding carboxylic acids is 4. The van der Waals surface area contributed by atoms with Gasteiger partial charge in [-0.2, -0.15) is 0 Å². The molecule has 2 aromatic rings. The predicted octanol–water partition coefficient (Wildman–Crippen LogP) is 2.98. The third-order valence-corrected chi connectivity index (χ3v) is 4.09. The minimum Gasteiger partial charge on any atom is -0.462 e. The Morgan fingerprint density at radius 2 is 1.69 bits per heavy atom. The van der Waals surface area contributed by atoms with Crippen molar-refractivity contribution in [3.05, 3.63) is 53.3 Å². The average Bonchev–Trinajstić information content (AvgIpc) is 3.09. The Kier molecular flexibility index (Phi) is 7.70. The molecule has 0 unspecified atom stereocenters. The van der Waals surface area contributed by atoms with Crippen LogP contribution in [0.15, 0.2) is 36.5 Å². The number of nitrogens with one attached hydrogen (secondary N) is 1. The second-order valence-electron chi connectivity index (χ2n) is 6.47. The molecule has 1 amide bonds. The zero-order valence-corrected chi connectivity index (χ0v) is 16.7. The SMILES string of the molecule is CCCCOC(=O)c1ccc(NC(=O)COC(=O)c2cc(C(C)=O)cn2C)cc1. The Bertz CT molecular complexity index is 898. The molecule has 0 fully saturated rings. The van der Waals surface area contributed by atoms with E-state index in [1.165, 1.54) is 23.8 Å². The van der Waals surface area contributed by atoms with Gasteiger partial charge in [0.05, 0.1) is 12.2 Å². The molecule has 0 saturated carbocycles. The van der Waals surface area contributed by atoms with Crippen molar-refractivity contribution >= 4 is 29.3 Å². The van der Waals surface area contributed by atoms with Gasteiger partial charge in [-0.3, -0.25) is 9.59 Å². The molecule has 154 valence electrons. The molecule has 0 saturated heterocycles. The fourth-order valence-electron chi connectivity index (χ4n) is 2.44. The molecular formula is C21H24N2O6. The molecule has 1 N–H and O–H groups in total. The van der Waals surface area contributed by atoms with Crippen LogP contribution in [0.2, 0.25) is 0 Å². The van der Waals surface area contributed by atoms with Crippen molar-refractivity contribution in [1.29, 1.82) is 0 Å². The molecule has 0 aliphatic heterocycles. The second kappa shape index (κ2) is 10.2. The van der Waals surface area contributed by atoms with Gasteiger partial charge in [-0.05, 0) is 43.7 Å². The Balaban J connectivity index is 1.85. The van der Waals surface area contributed by atoms with E-state index in [0.29, 0.717) is 23.4 Å². The number of benzene rings is 1. The lowest BCUT2D eigenvalue weighted by molar-refractivity contribution is -0.119. The van der Waals surface area contributed by atoms with Crippen LogP contribution in [0.4, 0.5) is 5.69 Å². The van der Waals surface area contributed by atoms with Crippen molar-refractivity contribution in [2.45, 2.75) is 26.7 Å². The van der Waals surface area contributed by atoms with E-state index >= 15 is 0 Å². The van der Waals surface area contributed by atoms with E-state index < -0.39 is 24.5 Å². The van der Waals surface area contributed by atoms with Crippen LogP contribution in [-0.4, -0.2) is 41.4 Å². The van der Waals surface area contributed by atoms with Crippen molar-refractivity contribution in [2.24, 2.45) is 7.05 Å². The highest BCUT2D eigenvalue weighted by molar-refractivity contribution is 5.99. The van der Waals surface area contributed by atoms with Gasteiger partial charge >= 0.3 is 11.9 Å². The first-order valence-corrected chi connectivity index (χ1v) is 9.23. The van der Waals surface area contributed by atoms with E-state index in [1.54, 1.807) is 31.3 Å². The molecule has 0 radical (unpaired) electrons. The Labute approximate surface area is 168 Å². The van der Waals surface area contributed by atoms with Crippen molar-refractivity contribution in [3.63, 3.8) is 0 Å². The summed E-state index contributed by atoms with van der Waals surface area (Å²) in [6.07, 6.45) is 3.26. The third-order valence-electron chi connectivity index (χ3n) is 4.09. The zero-order valence-electron chi connectivity index (χ0n) is 16.7. The zero-order chi connectivity index (χ0) is 21.4. The van der Waals surface area contributed by atoms with Gasteiger partial charge in [0.2, 0.25) is 0 Å². The van der Waals surface area contributed by atoms with Crippen LogP contribution in [0.5, 0.6) is 0 Å². The summed E-state index contributed by atoms with van der Waals surface area (Å²) in [6, 6.07) is 7.63. The summed E-state index contributed by atoms with van der Waals surface area (Å²) in [4.78, 5) is 47.3. The smallest absolute Gasteiger partial charge is 0.355 e. The largest absolute Gasteiger partial charge is 0.462 e. The van der Waals surface area contributed by atoms with Gasteiger partial charge in [-0.15, -0.1) is 0 Å². The van der Waals surface area contributed by atoms with Crippen LogP contribution in [-0.2, 0) is 21.3 Å². The molecule has 1 heterocycles. The number of rotatable bonds is 9. The van der Waals surface area contributed by atoms with Gasteiger partial charge in [0, 0.05) is 24.5 Å². The Hall–Kier alpha value is -3.42. The number of unbranched alkanes of at least 4 members (excludes halogenated alkanes) is 1. The molecule has 0 aliphatic rings. The second-order valence-corrected chi connectivity index (χ2v) is 6.47. The van der Waals surface area contributed by atoms with Gasteiger partial charge < -0.3 is 19.4 Å². The summed E-state index contributed by atoms with van der Waals surface area (Å²) in [5.74, 6) is -1.83. The number of amides is 1. The molecule has 8 nitrogen and oxygen atoms in total. The number of hydrogen-bond donors (Lipinski definition) is 1. The number of ether oxygens (including phenoxy) is 2. The average molecular weight is 400 g/mol. The van der Waals surface area contributed by atoms with Crippen molar-refractivity contribution in [1.82, 2.24) is 4.57 Å². The molecule has 0 aliphatic carbocycles. The Morgan fingerprint density at radius 1 is 1.00 bits per heavy atom. The first-order valence-electron chi connectivity index (χ1n) is 9.23. The van der Waals surface area contributed by atoms with Gasteiger partial charge in [-0.25, -0.2) is 9.59 Å². The highest BCUT2D eigenvalue weighted by atomic mass is 16.5. The van der Waals surface area contributed by atoms with Crippen molar-refractivity contribution < 1.29 is 28.7 Å². The van der Waals surface area contributed by atoms with E-state index in [0.717, 1.165) is 12.8 Å². The predicted molar refractivity (Wildman–Crippen MR) is 106 cm³/mol. The monoisotopic (exact) mass is 400 g/mol. The fourth-order valence-corrected chi connectivity index (χ4v) is 2.44. The van der Waals surface area contributed by atoms with Crippen molar-refractivity contribution in [2.75, 3.05) is 18.5 Å². The minimum atomic E-state index is -0.708. The number of hydrogen-bond acceptors (Lipinski definition) is 6.